The number of nitrogens with one attached hydrogen (secondary N) is 2. The van der Waals surface area contributed by atoms with E-state index in [0.717, 1.165) is 56.0 Å². The van der Waals surface area contributed by atoms with Crippen molar-refractivity contribution >= 4 is 11.7 Å². The molecule has 0 atom stereocenters. The molecule has 1 heterocycles. The monoisotopic (exact) mass is 423 g/mol. The number of morpholine rings is 1. The number of benzene rings is 2. The Bertz CT molecular complexity index is 845. The standard InChI is InChI=1S/C25H33N3O3/c29-25(27-19-21-8-4-5-12-24(21)28-13-15-30-16-14-28)26-18-20-7-6-11-23(17-20)31-22-9-2-1-3-10-22/h4-8,11-12,17,22H,1-3,9-10,13-16,18-19H2,(H2,26,27,29). The highest BCUT2D eigenvalue weighted by Gasteiger charge is 2.16. The van der Waals surface area contributed by atoms with E-state index in [0.29, 0.717) is 19.2 Å². The predicted molar refractivity (Wildman–Crippen MR) is 122 cm³/mol. The summed E-state index contributed by atoms with van der Waals surface area (Å²) in [6.07, 6.45) is 6.41. The second-order valence-electron chi connectivity index (χ2n) is 8.29. The van der Waals surface area contributed by atoms with Gasteiger partial charge in [0.1, 0.15) is 5.75 Å². The van der Waals surface area contributed by atoms with Crippen molar-refractivity contribution in [2.24, 2.45) is 0 Å². The van der Waals surface area contributed by atoms with Gasteiger partial charge in [-0.05, 0) is 55.0 Å². The van der Waals surface area contributed by atoms with E-state index in [2.05, 4.69) is 27.7 Å². The molecule has 1 aliphatic heterocycles. The highest BCUT2D eigenvalue weighted by molar-refractivity contribution is 5.74. The number of amides is 2. The van der Waals surface area contributed by atoms with Gasteiger partial charge in [-0.3, -0.25) is 0 Å². The molecule has 31 heavy (non-hydrogen) atoms. The molecular weight excluding hydrogens is 390 g/mol. The molecule has 2 aromatic carbocycles. The number of rotatable bonds is 7. The van der Waals surface area contributed by atoms with Gasteiger partial charge in [0.2, 0.25) is 0 Å². The van der Waals surface area contributed by atoms with E-state index in [9.17, 15) is 4.79 Å². The van der Waals surface area contributed by atoms with Gasteiger partial charge in [-0.25, -0.2) is 4.79 Å². The summed E-state index contributed by atoms with van der Waals surface area (Å²) in [5, 5.41) is 5.95. The van der Waals surface area contributed by atoms with Crippen LogP contribution in [0.15, 0.2) is 48.5 Å². The van der Waals surface area contributed by atoms with E-state index in [4.69, 9.17) is 9.47 Å². The molecule has 2 aromatic rings. The second-order valence-corrected chi connectivity index (χ2v) is 8.29. The molecule has 2 N–H and O–H groups in total. The number of para-hydroxylation sites is 1. The molecule has 6 heteroatoms. The minimum atomic E-state index is -0.171. The van der Waals surface area contributed by atoms with Crippen LogP contribution < -0.4 is 20.3 Å². The van der Waals surface area contributed by atoms with Crippen LogP contribution in [0.25, 0.3) is 0 Å². The van der Waals surface area contributed by atoms with Crippen LogP contribution in [0.1, 0.15) is 43.2 Å². The maximum absolute atomic E-state index is 12.4. The molecule has 6 nitrogen and oxygen atoms in total. The van der Waals surface area contributed by atoms with Gasteiger partial charge in [0.25, 0.3) is 0 Å². The van der Waals surface area contributed by atoms with Crippen molar-refractivity contribution in [1.82, 2.24) is 10.6 Å². The summed E-state index contributed by atoms with van der Waals surface area (Å²) in [5.41, 5.74) is 3.32. The Kier molecular flexibility index (Phi) is 7.66. The van der Waals surface area contributed by atoms with Gasteiger partial charge in [-0.15, -0.1) is 0 Å². The Morgan fingerprint density at radius 2 is 1.74 bits per heavy atom. The molecule has 2 aliphatic rings. The predicted octanol–water partition coefficient (Wildman–Crippen LogP) is 4.23. The third kappa shape index (κ3) is 6.37. The molecule has 0 bridgehead atoms. The van der Waals surface area contributed by atoms with Crippen molar-refractivity contribution in [1.29, 1.82) is 0 Å². The van der Waals surface area contributed by atoms with E-state index in [1.807, 2.05) is 36.4 Å². The largest absolute Gasteiger partial charge is 0.490 e. The van der Waals surface area contributed by atoms with Crippen LogP contribution in [-0.2, 0) is 17.8 Å². The van der Waals surface area contributed by atoms with Gasteiger partial charge in [0.05, 0.1) is 19.3 Å². The number of anilines is 1. The Morgan fingerprint density at radius 3 is 2.58 bits per heavy atom. The second kappa shape index (κ2) is 11.0. The topological polar surface area (TPSA) is 62.8 Å². The fourth-order valence-electron chi connectivity index (χ4n) is 4.30. The van der Waals surface area contributed by atoms with Crippen molar-refractivity contribution in [2.75, 3.05) is 31.2 Å². The van der Waals surface area contributed by atoms with E-state index in [-0.39, 0.29) is 6.03 Å². The van der Waals surface area contributed by atoms with Crippen LogP contribution in [-0.4, -0.2) is 38.4 Å². The first-order valence-corrected chi connectivity index (χ1v) is 11.5. The minimum absolute atomic E-state index is 0.171. The van der Waals surface area contributed by atoms with E-state index >= 15 is 0 Å². The maximum Gasteiger partial charge on any atom is 0.315 e. The number of carbonyl (C=O) groups is 1. The lowest BCUT2D eigenvalue weighted by Gasteiger charge is -2.30. The summed E-state index contributed by atoms with van der Waals surface area (Å²) in [4.78, 5) is 14.7. The van der Waals surface area contributed by atoms with Crippen molar-refractivity contribution < 1.29 is 14.3 Å². The summed E-state index contributed by atoms with van der Waals surface area (Å²) in [6, 6.07) is 16.1. The number of hydrogen-bond donors (Lipinski definition) is 2. The van der Waals surface area contributed by atoms with Gasteiger partial charge in [-0.2, -0.15) is 0 Å². The first-order chi connectivity index (χ1) is 15.3. The lowest BCUT2D eigenvalue weighted by Crippen LogP contribution is -2.38. The van der Waals surface area contributed by atoms with E-state index in [1.54, 1.807) is 0 Å². The van der Waals surface area contributed by atoms with Crippen LogP contribution in [0.3, 0.4) is 0 Å². The highest BCUT2D eigenvalue weighted by atomic mass is 16.5. The molecule has 2 amide bonds. The summed E-state index contributed by atoms with van der Waals surface area (Å²) in [6.45, 7) is 4.20. The average Bonchev–Trinajstić information content (AvgIpc) is 2.83. The van der Waals surface area contributed by atoms with Crippen LogP contribution in [0, 0.1) is 0 Å². The molecule has 1 saturated heterocycles. The summed E-state index contributed by atoms with van der Waals surface area (Å²) in [7, 11) is 0. The van der Waals surface area contributed by atoms with Crippen molar-refractivity contribution in [3.05, 3.63) is 59.7 Å². The van der Waals surface area contributed by atoms with Crippen LogP contribution >= 0.6 is 0 Å². The molecule has 2 fully saturated rings. The Balaban J connectivity index is 1.26. The molecule has 0 radical (unpaired) electrons. The maximum atomic E-state index is 12.4. The molecule has 0 unspecified atom stereocenters. The fraction of sp³-hybridized carbons (Fsp3) is 0.480. The summed E-state index contributed by atoms with van der Waals surface area (Å²) in [5.74, 6) is 0.894. The van der Waals surface area contributed by atoms with E-state index < -0.39 is 0 Å². The summed E-state index contributed by atoms with van der Waals surface area (Å²) < 4.78 is 11.6. The lowest BCUT2D eigenvalue weighted by molar-refractivity contribution is 0.122. The SMILES string of the molecule is O=C(NCc1cccc(OC2CCCCC2)c1)NCc1ccccc1N1CCOCC1. The van der Waals surface area contributed by atoms with E-state index in [1.165, 1.54) is 24.9 Å². The van der Waals surface area contributed by atoms with Gasteiger partial charge < -0.3 is 25.0 Å². The normalized spacial score (nSPS) is 17.2. The number of ether oxygens (including phenoxy) is 2. The van der Waals surface area contributed by atoms with Crippen LogP contribution in [0.4, 0.5) is 10.5 Å². The Hall–Kier alpha value is -2.73. The summed E-state index contributed by atoms with van der Waals surface area (Å²) >= 11 is 0. The zero-order chi connectivity index (χ0) is 21.3. The van der Waals surface area contributed by atoms with Gasteiger partial charge >= 0.3 is 6.03 Å². The van der Waals surface area contributed by atoms with Crippen molar-refractivity contribution in [3.8, 4) is 5.75 Å². The third-order valence-corrected chi connectivity index (χ3v) is 5.99. The zero-order valence-electron chi connectivity index (χ0n) is 18.1. The van der Waals surface area contributed by atoms with Crippen molar-refractivity contribution in [2.45, 2.75) is 51.3 Å². The molecule has 1 saturated carbocycles. The number of carbonyl (C=O) groups excluding carboxylic acids is 1. The van der Waals surface area contributed by atoms with Crippen LogP contribution in [0.2, 0.25) is 0 Å². The van der Waals surface area contributed by atoms with Crippen LogP contribution in [0.5, 0.6) is 5.75 Å². The zero-order valence-corrected chi connectivity index (χ0v) is 18.1. The number of hydrogen-bond acceptors (Lipinski definition) is 4. The van der Waals surface area contributed by atoms with Crippen molar-refractivity contribution in [3.63, 3.8) is 0 Å². The Morgan fingerprint density at radius 1 is 0.968 bits per heavy atom. The molecule has 0 spiro atoms. The lowest BCUT2D eigenvalue weighted by atomic mass is 9.98. The van der Waals surface area contributed by atoms with Gasteiger partial charge in [-0.1, -0.05) is 36.8 Å². The third-order valence-electron chi connectivity index (χ3n) is 5.99. The highest BCUT2D eigenvalue weighted by Crippen LogP contribution is 2.24. The molecule has 1 aliphatic carbocycles. The van der Waals surface area contributed by atoms with Gasteiger partial charge in [0, 0.05) is 31.9 Å². The first-order valence-electron chi connectivity index (χ1n) is 11.5. The quantitative estimate of drug-likeness (QED) is 0.699. The first kappa shape index (κ1) is 21.5. The number of urea groups is 1. The molecular formula is C25H33N3O3. The Labute approximate surface area is 184 Å². The van der Waals surface area contributed by atoms with Gasteiger partial charge in [0.15, 0.2) is 0 Å². The molecule has 166 valence electrons. The smallest absolute Gasteiger partial charge is 0.315 e. The minimum Gasteiger partial charge on any atom is -0.490 e. The average molecular weight is 424 g/mol. The fourth-order valence-corrected chi connectivity index (χ4v) is 4.30. The molecule has 4 rings (SSSR count). The number of nitrogens with zero attached hydrogens (tertiary/aromatic N) is 1. The molecule has 0 aromatic heterocycles.